The summed E-state index contributed by atoms with van der Waals surface area (Å²) in [6.07, 6.45) is 9.06. The van der Waals surface area contributed by atoms with Gasteiger partial charge in [-0.25, -0.2) is 0 Å². The number of guanidine groups is 1. The number of nitrogens with zero attached hydrogens (tertiary/aromatic N) is 3. The average molecular weight is 363 g/mol. The van der Waals surface area contributed by atoms with Crippen LogP contribution in [0.25, 0.3) is 0 Å². The first kappa shape index (κ1) is 15.3. The molecule has 0 atom stereocenters. The summed E-state index contributed by atoms with van der Waals surface area (Å²) in [5.74, 6) is 0.890. The SMILES string of the molecule is CN=C(NCc1cnn(C)c1)NC1CCCC1.I. The van der Waals surface area contributed by atoms with Gasteiger partial charge in [0.2, 0.25) is 0 Å². The van der Waals surface area contributed by atoms with E-state index in [9.17, 15) is 0 Å². The molecule has 2 rings (SSSR count). The molecule has 0 spiro atoms. The summed E-state index contributed by atoms with van der Waals surface area (Å²) in [7, 11) is 3.74. The number of aromatic nitrogens is 2. The van der Waals surface area contributed by atoms with Gasteiger partial charge < -0.3 is 10.6 Å². The van der Waals surface area contributed by atoms with Crippen LogP contribution >= 0.6 is 24.0 Å². The number of hydrogen-bond acceptors (Lipinski definition) is 2. The third-order valence-electron chi connectivity index (χ3n) is 3.14. The number of nitrogens with one attached hydrogen (secondary N) is 2. The van der Waals surface area contributed by atoms with E-state index < -0.39 is 0 Å². The quantitative estimate of drug-likeness (QED) is 0.488. The monoisotopic (exact) mass is 363 g/mol. The smallest absolute Gasteiger partial charge is 0.191 e. The lowest BCUT2D eigenvalue weighted by atomic mass is 10.2. The average Bonchev–Trinajstić information content (AvgIpc) is 2.96. The lowest BCUT2D eigenvalue weighted by Gasteiger charge is -2.16. The van der Waals surface area contributed by atoms with E-state index in [0.717, 1.165) is 12.5 Å². The molecule has 102 valence electrons. The molecule has 2 N–H and O–H groups in total. The highest BCUT2D eigenvalue weighted by Gasteiger charge is 2.15. The minimum absolute atomic E-state index is 0. The largest absolute Gasteiger partial charge is 0.354 e. The van der Waals surface area contributed by atoms with Crippen LogP contribution < -0.4 is 10.6 Å². The molecule has 5 nitrogen and oxygen atoms in total. The first-order valence-corrected chi connectivity index (χ1v) is 6.22. The highest BCUT2D eigenvalue weighted by atomic mass is 127. The van der Waals surface area contributed by atoms with Gasteiger partial charge in [-0.2, -0.15) is 5.10 Å². The van der Waals surface area contributed by atoms with Crippen LogP contribution in [0.4, 0.5) is 0 Å². The van der Waals surface area contributed by atoms with Crippen molar-refractivity contribution in [3.63, 3.8) is 0 Å². The zero-order valence-electron chi connectivity index (χ0n) is 11.0. The normalized spacial score (nSPS) is 16.4. The molecule has 1 aromatic heterocycles. The molecule has 0 radical (unpaired) electrons. The molecule has 1 aromatic rings. The van der Waals surface area contributed by atoms with Crippen LogP contribution in [0.2, 0.25) is 0 Å². The van der Waals surface area contributed by atoms with Gasteiger partial charge in [-0.05, 0) is 12.8 Å². The van der Waals surface area contributed by atoms with E-state index in [1.54, 1.807) is 0 Å². The number of aryl methyl sites for hydroxylation is 1. The third kappa shape index (κ3) is 4.47. The van der Waals surface area contributed by atoms with Gasteiger partial charge in [-0.3, -0.25) is 9.67 Å². The number of rotatable bonds is 3. The van der Waals surface area contributed by atoms with Crippen molar-refractivity contribution in [3.8, 4) is 0 Å². The molecule has 0 saturated heterocycles. The van der Waals surface area contributed by atoms with E-state index in [1.807, 2.05) is 31.2 Å². The minimum Gasteiger partial charge on any atom is -0.354 e. The first-order valence-electron chi connectivity index (χ1n) is 6.22. The van der Waals surface area contributed by atoms with E-state index in [0.29, 0.717) is 6.04 Å². The van der Waals surface area contributed by atoms with Crippen molar-refractivity contribution < 1.29 is 0 Å². The molecule has 1 fully saturated rings. The Balaban J connectivity index is 0.00000162. The molecular formula is C12H22IN5. The van der Waals surface area contributed by atoms with Gasteiger partial charge in [0, 0.05) is 38.4 Å². The van der Waals surface area contributed by atoms with Crippen LogP contribution in [0, 0.1) is 0 Å². The van der Waals surface area contributed by atoms with Crippen molar-refractivity contribution in [2.45, 2.75) is 38.3 Å². The van der Waals surface area contributed by atoms with Crippen molar-refractivity contribution >= 4 is 29.9 Å². The topological polar surface area (TPSA) is 54.2 Å². The van der Waals surface area contributed by atoms with Crippen LogP contribution in [-0.2, 0) is 13.6 Å². The summed E-state index contributed by atoms with van der Waals surface area (Å²) in [6.45, 7) is 0.764. The standard InChI is InChI=1S/C12H21N5.HI/c1-13-12(16-11-5-3-4-6-11)14-7-10-8-15-17(2)9-10;/h8-9,11H,3-7H2,1-2H3,(H2,13,14,16);1H. The van der Waals surface area contributed by atoms with Crippen molar-refractivity contribution in [2.24, 2.45) is 12.0 Å². The zero-order valence-corrected chi connectivity index (χ0v) is 13.3. The third-order valence-corrected chi connectivity index (χ3v) is 3.14. The second-order valence-corrected chi connectivity index (χ2v) is 4.57. The second kappa shape index (κ2) is 7.60. The zero-order chi connectivity index (χ0) is 12.1. The first-order chi connectivity index (χ1) is 8.28. The van der Waals surface area contributed by atoms with Gasteiger partial charge in [0.15, 0.2) is 5.96 Å². The molecule has 18 heavy (non-hydrogen) atoms. The van der Waals surface area contributed by atoms with Crippen LogP contribution in [0.15, 0.2) is 17.4 Å². The van der Waals surface area contributed by atoms with E-state index in [2.05, 4.69) is 20.7 Å². The molecule has 0 bridgehead atoms. The molecule has 1 saturated carbocycles. The molecule has 0 unspecified atom stereocenters. The number of aliphatic imine (C=N–C) groups is 1. The lowest BCUT2D eigenvalue weighted by molar-refractivity contribution is 0.613. The van der Waals surface area contributed by atoms with Crippen LogP contribution in [0.5, 0.6) is 0 Å². The summed E-state index contributed by atoms with van der Waals surface area (Å²) in [5, 5.41) is 10.9. The Hall–Kier alpha value is -0.790. The highest BCUT2D eigenvalue weighted by molar-refractivity contribution is 14.0. The van der Waals surface area contributed by atoms with Gasteiger partial charge >= 0.3 is 0 Å². The summed E-state index contributed by atoms with van der Waals surface area (Å²) in [6, 6.07) is 0.593. The van der Waals surface area contributed by atoms with Crippen molar-refractivity contribution in [1.29, 1.82) is 0 Å². The second-order valence-electron chi connectivity index (χ2n) is 4.57. The molecule has 0 aliphatic heterocycles. The van der Waals surface area contributed by atoms with E-state index in [-0.39, 0.29) is 24.0 Å². The Morgan fingerprint density at radius 2 is 2.22 bits per heavy atom. The van der Waals surface area contributed by atoms with Gasteiger partial charge in [0.25, 0.3) is 0 Å². The molecule has 1 aliphatic carbocycles. The van der Waals surface area contributed by atoms with Crippen LogP contribution in [0.3, 0.4) is 0 Å². The Bertz CT molecular complexity index is 382. The predicted molar refractivity (Wildman–Crippen MR) is 84.2 cm³/mol. The number of halogens is 1. The Labute approximate surface area is 125 Å². The summed E-state index contributed by atoms with van der Waals surface area (Å²) >= 11 is 0. The van der Waals surface area contributed by atoms with Gasteiger partial charge in [0.05, 0.1) is 6.20 Å². The van der Waals surface area contributed by atoms with E-state index in [1.165, 1.54) is 31.2 Å². The van der Waals surface area contributed by atoms with Crippen molar-refractivity contribution in [3.05, 3.63) is 18.0 Å². The fourth-order valence-corrected chi connectivity index (χ4v) is 2.21. The molecule has 1 aliphatic rings. The maximum absolute atomic E-state index is 4.24. The summed E-state index contributed by atoms with van der Waals surface area (Å²) in [4.78, 5) is 4.24. The maximum Gasteiger partial charge on any atom is 0.191 e. The molecule has 0 amide bonds. The lowest BCUT2D eigenvalue weighted by Crippen LogP contribution is -2.41. The fraction of sp³-hybridized carbons (Fsp3) is 0.667. The molecule has 6 heteroatoms. The number of hydrogen-bond donors (Lipinski definition) is 2. The summed E-state index contributed by atoms with van der Waals surface area (Å²) in [5.41, 5.74) is 1.17. The van der Waals surface area contributed by atoms with Gasteiger partial charge in [0.1, 0.15) is 0 Å². The Morgan fingerprint density at radius 1 is 1.50 bits per heavy atom. The fourth-order valence-electron chi connectivity index (χ4n) is 2.21. The Kier molecular flexibility index (Phi) is 6.45. The summed E-state index contributed by atoms with van der Waals surface area (Å²) < 4.78 is 1.81. The van der Waals surface area contributed by atoms with Crippen LogP contribution in [-0.4, -0.2) is 28.8 Å². The molecular weight excluding hydrogens is 341 g/mol. The molecule has 1 heterocycles. The van der Waals surface area contributed by atoms with Gasteiger partial charge in [-0.1, -0.05) is 12.8 Å². The highest BCUT2D eigenvalue weighted by Crippen LogP contribution is 2.17. The Morgan fingerprint density at radius 3 is 2.78 bits per heavy atom. The molecule has 0 aromatic carbocycles. The maximum atomic E-state index is 4.24. The van der Waals surface area contributed by atoms with Crippen molar-refractivity contribution in [1.82, 2.24) is 20.4 Å². The van der Waals surface area contributed by atoms with Gasteiger partial charge in [-0.15, -0.1) is 24.0 Å². The van der Waals surface area contributed by atoms with Crippen LogP contribution in [0.1, 0.15) is 31.2 Å². The van der Waals surface area contributed by atoms with E-state index in [4.69, 9.17) is 0 Å². The minimum atomic E-state index is 0. The predicted octanol–water partition coefficient (Wildman–Crippen LogP) is 1.65. The van der Waals surface area contributed by atoms with Crippen molar-refractivity contribution in [2.75, 3.05) is 7.05 Å². The van der Waals surface area contributed by atoms with E-state index >= 15 is 0 Å².